The molecule has 2 rings (SSSR count). The molecule has 0 saturated carbocycles. The number of nitrogens with two attached hydrogens (primary N) is 1. The molecule has 0 saturated heterocycles. The highest BCUT2D eigenvalue weighted by atomic mass is 32.1. The van der Waals surface area contributed by atoms with Gasteiger partial charge in [-0.3, -0.25) is 9.48 Å². The van der Waals surface area contributed by atoms with Gasteiger partial charge in [-0.1, -0.05) is 0 Å². The molecule has 3 N–H and O–H groups in total. The van der Waals surface area contributed by atoms with Gasteiger partial charge in [0.15, 0.2) is 5.13 Å². The third-order valence-corrected chi connectivity index (χ3v) is 2.63. The second-order valence-electron chi connectivity index (χ2n) is 3.23. The Morgan fingerprint density at radius 1 is 1.69 bits per heavy atom. The monoisotopic (exact) mass is 237 g/mol. The van der Waals surface area contributed by atoms with Gasteiger partial charge in [0.2, 0.25) is 0 Å². The minimum Gasteiger partial charge on any atom is -0.375 e. The summed E-state index contributed by atoms with van der Waals surface area (Å²) in [4.78, 5) is 15.5. The zero-order valence-electron chi connectivity index (χ0n) is 8.67. The normalized spacial score (nSPS) is 10.3. The fourth-order valence-corrected chi connectivity index (χ4v) is 1.75. The molecule has 0 aromatic carbocycles. The molecule has 0 unspecified atom stereocenters. The number of amides is 1. The van der Waals surface area contributed by atoms with Crippen LogP contribution in [0.5, 0.6) is 0 Å². The van der Waals surface area contributed by atoms with Gasteiger partial charge >= 0.3 is 0 Å². The van der Waals surface area contributed by atoms with E-state index in [0.29, 0.717) is 17.4 Å². The molecular formula is C9H11N5OS. The summed E-state index contributed by atoms with van der Waals surface area (Å²) >= 11 is 1.24. The van der Waals surface area contributed by atoms with Crippen LogP contribution in [-0.4, -0.2) is 20.7 Å². The lowest BCUT2D eigenvalue weighted by atomic mass is 10.4. The summed E-state index contributed by atoms with van der Waals surface area (Å²) in [6.07, 6.45) is 1.82. The smallest absolute Gasteiger partial charge is 0.271 e. The number of aryl methyl sites for hydroxylation is 1. The van der Waals surface area contributed by atoms with Crippen molar-refractivity contribution in [3.8, 4) is 0 Å². The zero-order chi connectivity index (χ0) is 11.5. The number of hydrogen-bond acceptors (Lipinski definition) is 5. The Bertz CT molecular complexity index is 503. The van der Waals surface area contributed by atoms with Gasteiger partial charge in [-0.25, -0.2) is 4.98 Å². The van der Waals surface area contributed by atoms with E-state index in [2.05, 4.69) is 15.4 Å². The second kappa shape index (κ2) is 4.31. The maximum Gasteiger partial charge on any atom is 0.271 e. The van der Waals surface area contributed by atoms with Crippen molar-refractivity contribution in [1.82, 2.24) is 20.1 Å². The molecule has 0 radical (unpaired) electrons. The number of aromatic nitrogens is 3. The fraction of sp³-hybridized carbons (Fsp3) is 0.222. The van der Waals surface area contributed by atoms with Crippen molar-refractivity contribution in [3.63, 3.8) is 0 Å². The first-order chi connectivity index (χ1) is 7.65. The first kappa shape index (κ1) is 10.6. The molecule has 6 nitrogen and oxygen atoms in total. The largest absolute Gasteiger partial charge is 0.375 e. The number of thiazole rings is 1. The minimum absolute atomic E-state index is 0.237. The molecule has 2 heterocycles. The summed E-state index contributed by atoms with van der Waals surface area (Å²) in [5.41, 5.74) is 6.59. The highest BCUT2D eigenvalue weighted by molar-refractivity contribution is 7.13. The number of carbonyl (C=O) groups is 1. The average Bonchev–Trinajstić information content (AvgIpc) is 2.84. The van der Waals surface area contributed by atoms with Crippen LogP contribution >= 0.6 is 11.3 Å². The van der Waals surface area contributed by atoms with E-state index in [1.54, 1.807) is 10.1 Å². The van der Waals surface area contributed by atoms with E-state index in [9.17, 15) is 4.79 Å². The molecule has 0 aliphatic carbocycles. The number of rotatable bonds is 3. The standard InChI is InChI=1S/C9H11N5OS/c1-14-3-2-6(13-14)4-11-8(15)7-5-16-9(10)12-7/h2-3,5H,4H2,1H3,(H2,10,12)(H,11,15). The van der Waals surface area contributed by atoms with Gasteiger partial charge in [-0.15, -0.1) is 11.3 Å². The van der Waals surface area contributed by atoms with E-state index in [-0.39, 0.29) is 5.91 Å². The number of carbonyl (C=O) groups excluding carboxylic acids is 1. The maximum absolute atomic E-state index is 11.6. The van der Waals surface area contributed by atoms with Gasteiger partial charge in [0.25, 0.3) is 5.91 Å². The highest BCUT2D eigenvalue weighted by Gasteiger charge is 2.09. The Labute approximate surface area is 96.1 Å². The van der Waals surface area contributed by atoms with Crippen molar-refractivity contribution >= 4 is 22.4 Å². The average molecular weight is 237 g/mol. The summed E-state index contributed by atoms with van der Waals surface area (Å²) in [6.45, 7) is 0.386. The van der Waals surface area contributed by atoms with Crippen molar-refractivity contribution < 1.29 is 4.79 Å². The molecule has 0 aliphatic heterocycles. The predicted molar refractivity (Wildman–Crippen MR) is 60.9 cm³/mol. The third kappa shape index (κ3) is 2.37. The van der Waals surface area contributed by atoms with Crippen molar-refractivity contribution in [3.05, 3.63) is 29.0 Å². The second-order valence-corrected chi connectivity index (χ2v) is 4.12. The summed E-state index contributed by atoms with van der Waals surface area (Å²) in [6, 6.07) is 1.84. The molecule has 16 heavy (non-hydrogen) atoms. The maximum atomic E-state index is 11.6. The lowest BCUT2D eigenvalue weighted by molar-refractivity contribution is 0.0946. The molecule has 2 aromatic heterocycles. The van der Waals surface area contributed by atoms with Crippen molar-refractivity contribution in [2.75, 3.05) is 5.73 Å². The number of nitrogens with zero attached hydrogens (tertiary/aromatic N) is 3. The van der Waals surface area contributed by atoms with E-state index >= 15 is 0 Å². The molecule has 0 fully saturated rings. The molecule has 1 amide bonds. The molecule has 0 atom stereocenters. The quantitative estimate of drug-likeness (QED) is 0.808. The Balaban J connectivity index is 1.93. The summed E-state index contributed by atoms with van der Waals surface area (Å²) in [5.74, 6) is -0.237. The number of anilines is 1. The summed E-state index contributed by atoms with van der Waals surface area (Å²) < 4.78 is 1.68. The summed E-state index contributed by atoms with van der Waals surface area (Å²) in [7, 11) is 1.83. The third-order valence-electron chi connectivity index (χ3n) is 1.95. The number of hydrogen-bond donors (Lipinski definition) is 2. The lowest BCUT2D eigenvalue weighted by Gasteiger charge is -1.99. The molecule has 0 bridgehead atoms. The van der Waals surface area contributed by atoms with Gasteiger partial charge in [-0.05, 0) is 6.07 Å². The minimum atomic E-state index is -0.237. The van der Waals surface area contributed by atoms with Crippen LogP contribution in [0.3, 0.4) is 0 Å². The molecule has 0 aliphatic rings. The Morgan fingerprint density at radius 2 is 2.50 bits per heavy atom. The van der Waals surface area contributed by atoms with Crippen molar-refractivity contribution in [2.45, 2.75) is 6.54 Å². The van der Waals surface area contributed by atoms with Crippen LogP contribution in [0.25, 0.3) is 0 Å². The topological polar surface area (TPSA) is 85.8 Å². The van der Waals surface area contributed by atoms with Crippen LogP contribution in [-0.2, 0) is 13.6 Å². The zero-order valence-corrected chi connectivity index (χ0v) is 9.49. The van der Waals surface area contributed by atoms with E-state index in [0.717, 1.165) is 5.69 Å². The lowest BCUT2D eigenvalue weighted by Crippen LogP contribution is -2.23. The van der Waals surface area contributed by atoms with E-state index in [1.807, 2.05) is 19.3 Å². The van der Waals surface area contributed by atoms with Gasteiger partial charge in [0.1, 0.15) is 5.69 Å². The van der Waals surface area contributed by atoms with Crippen LogP contribution in [0, 0.1) is 0 Å². The van der Waals surface area contributed by atoms with Crippen LogP contribution in [0.1, 0.15) is 16.2 Å². The van der Waals surface area contributed by atoms with Crippen LogP contribution < -0.4 is 11.1 Å². The highest BCUT2D eigenvalue weighted by Crippen LogP contribution is 2.10. The molecular weight excluding hydrogens is 226 g/mol. The van der Waals surface area contributed by atoms with Gasteiger partial charge in [-0.2, -0.15) is 5.10 Å². The Kier molecular flexibility index (Phi) is 2.86. The van der Waals surface area contributed by atoms with Crippen LogP contribution in [0.15, 0.2) is 17.6 Å². The Morgan fingerprint density at radius 3 is 3.06 bits per heavy atom. The number of nitrogens with one attached hydrogen (secondary N) is 1. The molecule has 84 valence electrons. The van der Waals surface area contributed by atoms with Crippen molar-refractivity contribution in [1.29, 1.82) is 0 Å². The van der Waals surface area contributed by atoms with E-state index < -0.39 is 0 Å². The molecule has 7 heteroatoms. The molecule has 2 aromatic rings. The van der Waals surface area contributed by atoms with Crippen LogP contribution in [0.4, 0.5) is 5.13 Å². The fourth-order valence-electron chi connectivity index (χ4n) is 1.21. The van der Waals surface area contributed by atoms with E-state index in [4.69, 9.17) is 5.73 Å². The van der Waals surface area contributed by atoms with E-state index in [1.165, 1.54) is 11.3 Å². The Hall–Kier alpha value is -1.89. The SMILES string of the molecule is Cn1ccc(CNC(=O)c2csc(N)n2)n1. The summed E-state index contributed by atoms with van der Waals surface area (Å²) in [5, 5.41) is 8.88. The van der Waals surface area contributed by atoms with Gasteiger partial charge < -0.3 is 11.1 Å². The predicted octanol–water partition coefficient (Wildman–Crippen LogP) is 0.389. The first-order valence-electron chi connectivity index (χ1n) is 4.63. The molecule has 0 spiro atoms. The van der Waals surface area contributed by atoms with Crippen molar-refractivity contribution in [2.24, 2.45) is 7.05 Å². The van der Waals surface area contributed by atoms with Gasteiger partial charge in [0.05, 0.1) is 12.2 Å². The number of nitrogen functional groups attached to an aromatic ring is 1. The van der Waals surface area contributed by atoms with Crippen LogP contribution in [0.2, 0.25) is 0 Å². The van der Waals surface area contributed by atoms with Gasteiger partial charge in [0, 0.05) is 18.6 Å². The first-order valence-corrected chi connectivity index (χ1v) is 5.51.